The predicted octanol–water partition coefficient (Wildman–Crippen LogP) is 4.47. The summed E-state index contributed by atoms with van der Waals surface area (Å²) in [5, 5.41) is 0. The first-order valence-corrected chi connectivity index (χ1v) is 7.46. The summed E-state index contributed by atoms with van der Waals surface area (Å²) in [6, 6.07) is 9.09. The van der Waals surface area contributed by atoms with Crippen LogP contribution in [0.5, 0.6) is 0 Å². The lowest BCUT2D eigenvalue weighted by atomic mass is 9.90. The highest BCUT2D eigenvalue weighted by Crippen LogP contribution is 2.19. The zero-order valence-electron chi connectivity index (χ0n) is 12.3. The number of nitrogens with two attached hydrogens (primary N) is 1. The van der Waals surface area contributed by atoms with E-state index in [-0.39, 0.29) is 0 Å². The Labute approximate surface area is 113 Å². The highest BCUT2D eigenvalue weighted by Gasteiger charge is 2.12. The molecule has 0 radical (unpaired) electrons. The van der Waals surface area contributed by atoms with Crippen LogP contribution in [-0.2, 0) is 6.42 Å². The lowest BCUT2D eigenvalue weighted by molar-refractivity contribution is 0.383. The van der Waals surface area contributed by atoms with Gasteiger partial charge in [-0.25, -0.2) is 0 Å². The van der Waals surface area contributed by atoms with Crippen LogP contribution in [0.25, 0.3) is 0 Å². The minimum absolute atomic E-state index is 0.314. The zero-order chi connectivity index (χ0) is 13.4. The third-order valence-corrected chi connectivity index (χ3v) is 3.80. The SMILES string of the molecule is CCCCC(CC)CC(N)Cc1ccc(C)cc1. The van der Waals surface area contributed by atoms with Crippen molar-refractivity contribution in [3.8, 4) is 0 Å². The summed E-state index contributed by atoms with van der Waals surface area (Å²) in [5.74, 6) is 0.811. The lowest BCUT2D eigenvalue weighted by Gasteiger charge is -2.19. The Morgan fingerprint density at radius 3 is 2.33 bits per heavy atom. The minimum atomic E-state index is 0.314. The van der Waals surface area contributed by atoms with Crippen LogP contribution in [0.15, 0.2) is 24.3 Å². The minimum Gasteiger partial charge on any atom is -0.327 e. The lowest BCUT2D eigenvalue weighted by Crippen LogP contribution is -2.26. The summed E-state index contributed by atoms with van der Waals surface area (Å²) in [6.45, 7) is 6.68. The van der Waals surface area contributed by atoms with E-state index in [0.29, 0.717) is 6.04 Å². The molecule has 0 aliphatic carbocycles. The maximum absolute atomic E-state index is 6.29. The van der Waals surface area contributed by atoms with Crippen molar-refractivity contribution in [2.45, 2.75) is 65.3 Å². The molecule has 2 unspecified atom stereocenters. The smallest absolute Gasteiger partial charge is 0.00819 e. The average molecular weight is 247 g/mol. The first kappa shape index (κ1) is 15.2. The molecule has 1 aromatic rings. The summed E-state index contributed by atoms with van der Waals surface area (Å²) in [5.41, 5.74) is 8.99. The molecule has 0 fully saturated rings. The summed E-state index contributed by atoms with van der Waals surface area (Å²) < 4.78 is 0. The largest absolute Gasteiger partial charge is 0.327 e. The third-order valence-electron chi connectivity index (χ3n) is 3.80. The molecule has 1 rings (SSSR count). The van der Waals surface area contributed by atoms with Gasteiger partial charge in [0.15, 0.2) is 0 Å². The van der Waals surface area contributed by atoms with Crippen LogP contribution >= 0.6 is 0 Å². The van der Waals surface area contributed by atoms with Crippen molar-refractivity contribution in [1.29, 1.82) is 0 Å². The molecule has 0 aromatic heterocycles. The van der Waals surface area contributed by atoms with E-state index in [1.54, 1.807) is 0 Å². The van der Waals surface area contributed by atoms with E-state index in [2.05, 4.69) is 45.0 Å². The normalized spacial score (nSPS) is 14.4. The second kappa shape index (κ2) is 8.31. The van der Waals surface area contributed by atoms with Crippen molar-refractivity contribution in [2.24, 2.45) is 11.7 Å². The second-order valence-corrected chi connectivity index (χ2v) is 5.60. The summed E-state index contributed by atoms with van der Waals surface area (Å²) >= 11 is 0. The fourth-order valence-corrected chi connectivity index (χ4v) is 2.52. The zero-order valence-corrected chi connectivity index (χ0v) is 12.3. The molecule has 1 nitrogen and oxygen atoms in total. The maximum Gasteiger partial charge on any atom is 0.00819 e. The van der Waals surface area contributed by atoms with Gasteiger partial charge in [0, 0.05) is 6.04 Å². The number of aryl methyl sites for hydroxylation is 1. The number of hydrogen-bond acceptors (Lipinski definition) is 1. The van der Waals surface area contributed by atoms with E-state index in [9.17, 15) is 0 Å². The molecule has 0 saturated carbocycles. The van der Waals surface area contributed by atoms with Gasteiger partial charge >= 0.3 is 0 Å². The Kier molecular flexibility index (Phi) is 7.04. The molecule has 1 aromatic carbocycles. The van der Waals surface area contributed by atoms with Gasteiger partial charge in [0.2, 0.25) is 0 Å². The second-order valence-electron chi connectivity index (χ2n) is 5.60. The van der Waals surface area contributed by atoms with E-state index >= 15 is 0 Å². The van der Waals surface area contributed by atoms with Gasteiger partial charge < -0.3 is 5.73 Å². The van der Waals surface area contributed by atoms with Gasteiger partial charge in [-0.2, -0.15) is 0 Å². The van der Waals surface area contributed by atoms with Crippen molar-refractivity contribution in [3.63, 3.8) is 0 Å². The van der Waals surface area contributed by atoms with E-state index in [4.69, 9.17) is 5.73 Å². The van der Waals surface area contributed by atoms with Gasteiger partial charge in [0.05, 0.1) is 0 Å². The molecule has 18 heavy (non-hydrogen) atoms. The van der Waals surface area contributed by atoms with Gasteiger partial charge in [-0.05, 0) is 31.2 Å². The predicted molar refractivity (Wildman–Crippen MR) is 80.8 cm³/mol. The number of hydrogen-bond donors (Lipinski definition) is 1. The first-order valence-electron chi connectivity index (χ1n) is 7.46. The van der Waals surface area contributed by atoms with Crippen LogP contribution < -0.4 is 5.73 Å². The van der Waals surface area contributed by atoms with Crippen molar-refractivity contribution in [1.82, 2.24) is 0 Å². The monoisotopic (exact) mass is 247 g/mol. The topological polar surface area (TPSA) is 26.0 Å². The molecule has 0 amide bonds. The Balaban J connectivity index is 2.39. The van der Waals surface area contributed by atoms with Crippen LogP contribution in [0.4, 0.5) is 0 Å². The van der Waals surface area contributed by atoms with Crippen LogP contribution in [0.1, 0.15) is 57.1 Å². The molecule has 0 heterocycles. The molecular weight excluding hydrogens is 218 g/mol. The fraction of sp³-hybridized carbons (Fsp3) is 0.647. The number of unbranched alkanes of at least 4 members (excludes halogenated alkanes) is 1. The standard InChI is InChI=1S/C17H29N/c1-4-6-7-15(5-2)12-17(18)13-16-10-8-14(3)9-11-16/h8-11,15,17H,4-7,12-13,18H2,1-3H3. The summed E-state index contributed by atoms with van der Waals surface area (Å²) in [6.07, 6.45) is 7.43. The summed E-state index contributed by atoms with van der Waals surface area (Å²) in [4.78, 5) is 0. The van der Waals surface area contributed by atoms with E-state index in [1.165, 1.54) is 43.2 Å². The molecule has 0 aliphatic heterocycles. The molecule has 102 valence electrons. The van der Waals surface area contributed by atoms with Crippen molar-refractivity contribution >= 4 is 0 Å². The fourth-order valence-electron chi connectivity index (χ4n) is 2.52. The van der Waals surface area contributed by atoms with Crippen LogP contribution in [-0.4, -0.2) is 6.04 Å². The molecule has 0 aliphatic rings. The van der Waals surface area contributed by atoms with Gasteiger partial charge in [-0.1, -0.05) is 69.4 Å². The van der Waals surface area contributed by atoms with E-state index < -0.39 is 0 Å². The Bertz CT molecular complexity index is 315. The van der Waals surface area contributed by atoms with E-state index in [0.717, 1.165) is 12.3 Å². The van der Waals surface area contributed by atoms with Gasteiger partial charge in [0.25, 0.3) is 0 Å². The molecule has 0 spiro atoms. The summed E-state index contributed by atoms with van der Waals surface area (Å²) in [7, 11) is 0. The molecule has 2 N–H and O–H groups in total. The molecule has 1 heteroatoms. The van der Waals surface area contributed by atoms with Crippen molar-refractivity contribution in [3.05, 3.63) is 35.4 Å². The Morgan fingerprint density at radius 1 is 1.11 bits per heavy atom. The Hall–Kier alpha value is -0.820. The molecule has 0 saturated heterocycles. The van der Waals surface area contributed by atoms with Gasteiger partial charge in [0.1, 0.15) is 0 Å². The Morgan fingerprint density at radius 2 is 1.78 bits per heavy atom. The van der Waals surface area contributed by atoms with Crippen LogP contribution in [0.2, 0.25) is 0 Å². The molecular formula is C17H29N. The molecule has 2 atom stereocenters. The quantitative estimate of drug-likeness (QED) is 0.720. The van der Waals surface area contributed by atoms with Gasteiger partial charge in [-0.15, -0.1) is 0 Å². The van der Waals surface area contributed by atoms with E-state index in [1.807, 2.05) is 0 Å². The highest BCUT2D eigenvalue weighted by atomic mass is 14.6. The van der Waals surface area contributed by atoms with Crippen LogP contribution in [0, 0.1) is 12.8 Å². The maximum atomic E-state index is 6.29. The van der Waals surface area contributed by atoms with Crippen LogP contribution in [0.3, 0.4) is 0 Å². The number of rotatable bonds is 8. The average Bonchev–Trinajstić information content (AvgIpc) is 2.37. The highest BCUT2D eigenvalue weighted by molar-refractivity contribution is 5.21. The molecule has 0 bridgehead atoms. The van der Waals surface area contributed by atoms with Crippen molar-refractivity contribution in [2.75, 3.05) is 0 Å². The number of benzene rings is 1. The van der Waals surface area contributed by atoms with Gasteiger partial charge in [-0.3, -0.25) is 0 Å². The first-order chi connectivity index (χ1) is 8.65. The van der Waals surface area contributed by atoms with Crippen molar-refractivity contribution < 1.29 is 0 Å². The third kappa shape index (κ3) is 5.68.